The fourth-order valence-electron chi connectivity index (χ4n) is 1.90. The molecule has 0 aliphatic rings. The summed E-state index contributed by atoms with van der Waals surface area (Å²) in [5.41, 5.74) is 3.80. The molecule has 86 valence electrons. The fourth-order valence-corrected chi connectivity index (χ4v) is 2.55. The summed E-state index contributed by atoms with van der Waals surface area (Å²) in [7, 11) is 0. The summed E-state index contributed by atoms with van der Waals surface area (Å²) in [6.07, 6.45) is 5.16. The molecule has 0 amide bonds. The largest absolute Gasteiger partial charge is 0.303 e. The van der Waals surface area contributed by atoms with Crippen molar-refractivity contribution in [2.75, 3.05) is 0 Å². The normalized spacial score (nSPS) is 12.3. The van der Waals surface area contributed by atoms with Gasteiger partial charge in [-0.15, -0.1) is 0 Å². The number of hydrogen-bond donors (Lipinski definition) is 0. The maximum Gasteiger partial charge on any atom is 0.151 e. The molecule has 0 atom stereocenters. The number of rotatable bonds is 1. The minimum atomic E-state index is 0.284. The lowest BCUT2D eigenvalue weighted by Gasteiger charge is -2.17. The number of fused-ring (bicyclic) bond motifs is 1. The van der Waals surface area contributed by atoms with Crippen LogP contribution >= 0.6 is 15.9 Å². The molecule has 0 radical (unpaired) electrons. The Balaban J connectivity index is 2.56. The molecule has 0 fully saturated rings. The molecular formula is C13H17BrN2. The van der Waals surface area contributed by atoms with Gasteiger partial charge in [-0.2, -0.15) is 0 Å². The number of halogens is 1. The molecular weight excluding hydrogens is 264 g/mol. The van der Waals surface area contributed by atoms with Gasteiger partial charge in [0.1, 0.15) is 0 Å². The molecule has 0 N–H and O–H groups in total. The van der Waals surface area contributed by atoms with Crippen LogP contribution in [0.1, 0.15) is 32.0 Å². The van der Waals surface area contributed by atoms with Gasteiger partial charge >= 0.3 is 0 Å². The molecule has 0 unspecified atom stereocenters. The van der Waals surface area contributed by atoms with Crippen LogP contribution in [0.4, 0.5) is 0 Å². The van der Waals surface area contributed by atoms with Gasteiger partial charge < -0.3 is 4.40 Å². The Morgan fingerprint density at radius 2 is 2.06 bits per heavy atom. The third-order valence-electron chi connectivity index (χ3n) is 2.49. The Bertz CT molecular complexity index is 520. The lowest BCUT2D eigenvalue weighted by Crippen LogP contribution is -2.11. The van der Waals surface area contributed by atoms with Crippen LogP contribution in [0.15, 0.2) is 22.9 Å². The van der Waals surface area contributed by atoms with E-state index in [2.05, 4.69) is 65.3 Å². The molecule has 2 nitrogen and oxygen atoms in total. The number of nitrogens with zero attached hydrogens (tertiary/aromatic N) is 2. The van der Waals surface area contributed by atoms with Crippen LogP contribution in [0.5, 0.6) is 0 Å². The van der Waals surface area contributed by atoms with Crippen LogP contribution in [-0.4, -0.2) is 9.38 Å². The van der Waals surface area contributed by atoms with Crippen molar-refractivity contribution in [1.82, 2.24) is 9.38 Å². The van der Waals surface area contributed by atoms with E-state index in [1.165, 1.54) is 11.3 Å². The van der Waals surface area contributed by atoms with E-state index in [-0.39, 0.29) is 5.41 Å². The van der Waals surface area contributed by atoms with E-state index in [0.29, 0.717) is 0 Å². The second kappa shape index (κ2) is 3.88. The molecule has 0 aromatic carbocycles. The lowest BCUT2D eigenvalue weighted by molar-refractivity contribution is 0.405. The molecule has 0 spiro atoms. The highest BCUT2D eigenvalue weighted by molar-refractivity contribution is 9.10. The Kier molecular flexibility index (Phi) is 2.82. The molecule has 0 bridgehead atoms. The monoisotopic (exact) mass is 280 g/mol. The molecule has 2 rings (SSSR count). The molecule has 0 aliphatic carbocycles. The average molecular weight is 281 g/mol. The summed E-state index contributed by atoms with van der Waals surface area (Å²) in [5.74, 6) is 0. The summed E-state index contributed by atoms with van der Waals surface area (Å²) >= 11 is 3.56. The molecule has 0 aliphatic heterocycles. The van der Waals surface area contributed by atoms with Crippen molar-refractivity contribution in [3.05, 3.63) is 34.2 Å². The maximum atomic E-state index is 4.46. The highest BCUT2D eigenvalue weighted by Crippen LogP contribution is 2.24. The van der Waals surface area contributed by atoms with E-state index in [0.717, 1.165) is 16.5 Å². The Hall–Kier alpha value is -0.830. The third-order valence-corrected chi connectivity index (χ3v) is 3.07. The maximum absolute atomic E-state index is 4.46. The van der Waals surface area contributed by atoms with E-state index in [1.807, 2.05) is 6.20 Å². The first kappa shape index (κ1) is 11.6. The van der Waals surface area contributed by atoms with Gasteiger partial charge in [-0.05, 0) is 46.3 Å². The Labute approximate surface area is 105 Å². The van der Waals surface area contributed by atoms with E-state index in [1.54, 1.807) is 0 Å². The van der Waals surface area contributed by atoms with Gasteiger partial charge in [0, 0.05) is 18.1 Å². The summed E-state index contributed by atoms with van der Waals surface area (Å²) < 4.78 is 3.25. The second-order valence-electron chi connectivity index (χ2n) is 5.55. The standard InChI is InChI=1S/C13H17BrN2/c1-9-5-11(14)12-15-7-10(16(12)8-9)6-13(2,3)4/h5,7-8H,6H2,1-4H3. The number of imidazole rings is 1. The lowest BCUT2D eigenvalue weighted by atomic mass is 9.91. The molecule has 3 heteroatoms. The Morgan fingerprint density at radius 1 is 1.38 bits per heavy atom. The van der Waals surface area contributed by atoms with Crippen molar-refractivity contribution >= 4 is 21.6 Å². The van der Waals surface area contributed by atoms with Gasteiger partial charge in [0.15, 0.2) is 5.65 Å². The predicted molar refractivity (Wildman–Crippen MR) is 70.8 cm³/mol. The molecule has 2 aromatic heterocycles. The van der Waals surface area contributed by atoms with Gasteiger partial charge in [0.05, 0.1) is 4.47 Å². The quantitative estimate of drug-likeness (QED) is 0.772. The van der Waals surface area contributed by atoms with Crippen LogP contribution in [-0.2, 0) is 6.42 Å². The topological polar surface area (TPSA) is 17.3 Å². The van der Waals surface area contributed by atoms with Crippen molar-refractivity contribution in [1.29, 1.82) is 0 Å². The van der Waals surface area contributed by atoms with Crippen LogP contribution in [0.2, 0.25) is 0 Å². The van der Waals surface area contributed by atoms with Crippen LogP contribution in [0, 0.1) is 12.3 Å². The predicted octanol–water partition coefficient (Wildman–Crippen LogP) is 3.99. The minimum absolute atomic E-state index is 0.284. The van der Waals surface area contributed by atoms with Crippen LogP contribution < -0.4 is 0 Å². The van der Waals surface area contributed by atoms with Crippen molar-refractivity contribution in [3.8, 4) is 0 Å². The van der Waals surface area contributed by atoms with Crippen molar-refractivity contribution in [2.45, 2.75) is 34.1 Å². The van der Waals surface area contributed by atoms with Crippen molar-refractivity contribution in [2.24, 2.45) is 5.41 Å². The summed E-state index contributed by atoms with van der Waals surface area (Å²) in [6, 6.07) is 2.10. The summed E-state index contributed by atoms with van der Waals surface area (Å²) in [5, 5.41) is 0. The highest BCUT2D eigenvalue weighted by Gasteiger charge is 2.15. The first-order valence-electron chi connectivity index (χ1n) is 5.49. The van der Waals surface area contributed by atoms with Gasteiger partial charge in [-0.1, -0.05) is 20.8 Å². The van der Waals surface area contributed by atoms with Gasteiger partial charge in [0.2, 0.25) is 0 Å². The molecule has 2 heterocycles. The molecule has 0 saturated heterocycles. The van der Waals surface area contributed by atoms with Crippen molar-refractivity contribution in [3.63, 3.8) is 0 Å². The molecule has 2 aromatic rings. The zero-order valence-corrected chi connectivity index (χ0v) is 11.8. The van der Waals surface area contributed by atoms with E-state index in [4.69, 9.17) is 0 Å². The molecule has 16 heavy (non-hydrogen) atoms. The van der Waals surface area contributed by atoms with Crippen LogP contribution in [0.3, 0.4) is 0 Å². The number of pyridine rings is 1. The van der Waals surface area contributed by atoms with E-state index >= 15 is 0 Å². The summed E-state index contributed by atoms with van der Waals surface area (Å²) in [4.78, 5) is 4.46. The summed E-state index contributed by atoms with van der Waals surface area (Å²) in [6.45, 7) is 8.84. The fraction of sp³-hybridized carbons (Fsp3) is 0.462. The first-order valence-corrected chi connectivity index (χ1v) is 6.28. The number of aromatic nitrogens is 2. The smallest absolute Gasteiger partial charge is 0.151 e. The molecule has 0 saturated carbocycles. The van der Waals surface area contributed by atoms with Crippen molar-refractivity contribution < 1.29 is 0 Å². The van der Waals surface area contributed by atoms with Crippen LogP contribution in [0.25, 0.3) is 5.65 Å². The average Bonchev–Trinajstić information content (AvgIpc) is 2.46. The number of hydrogen-bond acceptors (Lipinski definition) is 1. The minimum Gasteiger partial charge on any atom is -0.303 e. The third kappa shape index (κ3) is 2.29. The zero-order chi connectivity index (χ0) is 11.9. The zero-order valence-electron chi connectivity index (χ0n) is 10.2. The SMILES string of the molecule is Cc1cc(Br)c2ncc(CC(C)(C)C)n2c1. The number of aryl methyl sites for hydroxylation is 1. The Morgan fingerprint density at radius 3 is 2.69 bits per heavy atom. The van der Waals surface area contributed by atoms with E-state index in [9.17, 15) is 0 Å². The highest BCUT2D eigenvalue weighted by atomic mass is 79.9. The van der Waals surface area contributed by atoms with Gasteiger partial charge in [-0.25, -0.2) is 4.98 Å². The first-order chi connectivity index (χ1) is 7.37. The van der Waals surface area contributed by atoms with E-state index < -0.39 is 0 Å². The van der Waals surface area contributed by atoms with Gasteiger partial charge in [-0.3, -0.25) is 0 Å². The van der Waals surface area contributed by atoms with Gasteiger partial charge in [0.25, 0.3) is 0 Å². The second-order valence-corrected chi connectivity index (χ2v) is 6.40.